The summed E-state index contributed by atoms with van der Waals surface area (Å²) < 4.78 is 23.7. The molecule has 0 spiro atoms. The minimum Gasteiger partial charge on any atom is -0.493 e. The monoisotopic (exact) mass is 380 g/mol. The molecule has 2 rings (SSSR count). The van der Waals surface area contributed by atoms with E-state index in [1.807, 2.05) is 30.1 Å². The molecular formula is C19H22ClFN2O3. The summed E-state index contributed by atoms with van der Waals surface area (Å²) in [6.07, 6.45) is 0. The predicted octanol–water partition coefficient (Wildman–Crippen LogP) is 3.96. The van der Waals surface area contributed by atoms with Crippen molar-refractivity contribution in [2.45, 2.75) is 19.5 Å². The van der Waals surface area contributed by atoms with Crippen LogP contribution in [0.15, 0.2) is 36.4 Å². The summed E-state index contributed by atoms with van der Waals surface area (Å²) in [5.41, 5.74) is 1.43. The topological polar surface area (TPSA) is 50.8 Å². The zero-order valence-electron chi connectivity index (χ0n) is 15.2. The Morgan fingerprint density at radius 2 is 1.88 bits per heavy atom. The Hall–Kier alpha value is -2.31. The van der Waals surface area contributed by atoms with Crippen molar-refractivity contribution in [1.82, 2.24) is 4.90 Å². The van der Waals surface area contributed by atoms with Crippen LogP contribution < -0.4 is 14.8 Å². The number of amides is 1. The van der Waals surface area contributed by atoms with Crippen molar-refractivity contribution >= 4 is 23.2 Å². The Morgan fingerprint density at radius 3 is 2.50 bits per heavy atom. The van der Waals surface area contributed by atoms with Crippen LogP contribution in [0.25, 0.3) is 0 Å². The first-order chi connectivity index (χ1) is 12.3. The lowest BCUT2D eigenvalue weighted by atomic mass is 10.1. The van der Waals surface area contributed by atoms with E-state index in [2.05, 4.69) is 5.32 Å². The van der Waals surface area contributed by atoms with Gasteiger partial charge in [0.05, 0.1) is 25.3 Å². The summed E-state index contributed by atoms with van der Waals surface area (Å²) in [6.45, 7) is 2.33. The van der Waals surface area contributed by atoms with E-state index in [0.29, 0.717) is 23.7 Å². The van der Waals surface area contributed by atoms with E-state index in [4.69, 9.17) is 21.1 Å². The SMILES string of the molecule is COc1ccc(CN(C)C(C)C(=O)Nc2ccc(F)c(Cl)c2)cc1OC. The van der Waals surface area contributed by atoms with Gasteiger partial charge in [-0.2, -0.15) is 0 Å². The number of carbonyl (C=O) groups excluding carboxylic acids is 1. The maximum atomic E-state index is 13.2. The van der Waals surface area contributed by atoms with Crippen molar-refractivity contribution in [3.05, 3.63) is 52.8 Å². The molecule has 1 N–H and O–H groups in total. The molecule has 26 heavy (non-hydrogen) atoms. The number of nitrogens with one attached hydrogen (secondary N) is 1. The number of methoxy groups -OCH3 is 2. The number of benzene rings is 2. The third-order valence-electron chi connectivity index (χ3n) is 4.11. The van der Waals surface area contributed by atoms with E-state index in [1.165, 1.54) is 18.2 Å². The average Bonchev–Trinajstić information content (AvgIpc) is 2.63. The molecule has 0 aliphatic carbocycles. The number of hydrogen-bond acceptors (Lipinski definition) is 4. The third-order valence-corrected chi connectivity index (χ3v) is 4.40. The number of halogens is 2. The fourth-order valence-corrected chi connectivity index (χ4v) is 2.61. The van der Waals surface area contributed by atoms with Crippen LogP contribution in [0.5, 0.6) is 11.5 Å². The number of likely N-dealkylation sites (N-methyl/N-ethyl adjacent to an activating group) is 1. The van der Waals surface area contributed by atoms with Crippen molar-refractivity contribution in [3.8, 4) is 11.5 Å². The van der Waals surface area contributed by atoms with E-state index < -0.39 is 11.9 Å². The van der Waals surface area contributed by atoms with Gasteiger partial charge in [0.15, 0.2) is 11.5 Å². The largest absolute Gasteiger partial charge is 0.493 e. The van der Waals surface area contributed by atoms with Crippen LogP contribution in [0.1, 0.15) is 12.5 Å². The molecule has 0 radical (unpaired) electrons. The van der Waals surface area contributed by atoms with E-state index >= 15 is 0 Å². The standard InChI is InChI=1S/C19H22ClFN2O3/c1-12(19(24)22-14-6-7-16(21)15(20)10-14)23(2)11-13-5-8-17(25-3)18(9-13)26-4/h5-10,12H,11H2,1-4H3,(H,22,24). The summed E-state index contributed by atoms with van der Waals surface area (Å²) in [7, 11) is 5.01. The van der Waals surface area contributed by atoms with Crippen LogP contribution in [-0.4, -0.2) is 38.1 Å². The van der Waals surface area contributed by atoms with Gasteiger partial charge >= 0.3 is 0 Å². The molecule has 0 fully saturated rings. The lowest BCUT2D eigenvalue weighted by Crippen LogP contribution is -2.39. The Balaban J connectivity index is 2.02. The molecule has 1 amide bonds. The molecule has 1 atom stereocenters. The number of hydrogen-bond donors (Lipinski definition) is 1. The van der Waals surface area contributed by atoms with Gasteiger partial charge < -0.3 is 14.8 Å². The van der Waals surface area contributed by atoms with Crippen molar-refractivity contribution in [1.29, 1.82) is 0 Å². The molecule has 0 aliphatic heterocycles. The quantitative estimate of drug-likeness (QED) is 0.790. The van der Waals surface area contributed by atoms with E-state index in [1.54, 1.807) is 21.1 Å². The maximum absolute atomic E-state index is 13.2. The molecule has 0 saturated heterocycles. The number of ether oxygens (including phenoxy) is 2. The minimum atomic E-state index is -0.525. The molecule has 0 aliphatic rings. The highest BCUT2D eigenvalue weighted by atomic mass is 35.5. The molecule has 7 heteroatoms. The van der Waals surface area contributed by atoms with Gasteiger partial charge in [0.25, 0.3) is 0 Å². The predicted molar refractivity (Wildman–Crippen MR) is 101 cm³/mol. The molecular weight excluding hydrogens is 359 g/mol. The molecule has 2 aromatic carbocycles. The first kappa shape index (κ1) is 20.0. The fourth-order valence-electron chi connectivity index (χ4n) is 2.42. The van der Waals surface area contributed by atoms with Gasteiger partial charge in [-0.05, 0) is 49.9 Å². The second-order valence-corrected chi connectivity index (χ2v) is 6.31. The van der Waals surface area contributed by atoms with Crippen molar-refractivity contribution in [2.24, 2.45) is 0 Å². The molecule has 0 saturated carbocycles. The number of anilines is 1. The van der Waals surface area contributed by atoms with Gasteiger partial charge in [0.2, 0.25) is 5.91 Å². The second-order valence-electron chi connectivity index (χ2n) is 5.90. The van der Waals surface area contributed by atoms with Crippen LogP contribution >= 0.6 is 11.6 Å². The summed E-state index contributed by atoms with van der Waals surface area (Å²) >= 11 is 5.74. The summed E-state index contributed by atoms with van der Waals surface area (Å²) in [5, 5.41) is 2.71. The Labute approximate surface area is 157 Å². The molecule has 5 nitrogen and oxygen atoms in total. The zero-order chi connectivity index (χ0) is 19.3. The highest BCUT2D eigenvalue weighted by Gasteiger charge is 2.19. The van der Waals surface area contributed by atoms with E-state index in [9.17, 15) is 9.18 Å². The van der Waals surface area contributed by atoms with Crippen LogP contribution in [0.4, 0.5) is 10.1 Å². The Bertz CT molecular complexity index is 785. The highest BCUT2D eigenvalue weighted by molar-refractivity contribution is 6.31. The smallest absolute Gasteiger partial charge is 0.241 e. The third kappa shape index (κ3) is 4.86. The van der Waals surface area contributed by atoms with Gasteiger partial charge in [-0.1, -0.05) is 17.7 Å². The zero-order valence-corrected chi connectivity index (χ0v) is 15.9. The molecule has 0 bridgehead atoms. The van der Waals surface area contributed by atoms with Crippen molar-refractivity contribution in [2.75, 3.05) is 26.6 Å². The lowest BCUT2D eigenvalue weighted by Gasteiger charge is -2.24. The summed E-state index contributed by atoms with van der Waals surface area (Å²) in [6, 6.07) is 9.29. The van der Waals surface area contributed by atoms with Crippen LogP contribution in [0.2, 0.25) is 5.02 Å². The minimum absolute atomic E-state index is 0.0332. The van der Waals surface area contributed by atoms with Gasteiger partial charge in [-0.3, -0.25) is 9.69 Å². The van der Waals surface area contributed by atoms with Gasteiger partial charge in [0, 0.05) is 12.2 Å². The highest BCUT2D eigenvalue weighted by Crippen LogP contribution is 2.28. The Kier molecular flexibility index (Phi) is 6.83. The molecule has 140 valence electrons. The van der Waals surface area contributed by atoms with E-state index in [-0.39, 0.29) is 10.9 Å². The first-order valence-corrected chi connectivity index (χ1v) is 8.40. The van der Waals surface area contributed by atoms with E-state index in [0.717, 1.165) is 5.56 Å². The summed E-state index contributed by atoms with van der Waals surface area (Å²) in [4.78, 5) is 14.3. The van der Waals surface area contributed by atoms with Crippen molar-refractivity contribution in [3.63, 3.8) is 0 Å². The van der Waals surface area contributed by atoms with Crippen molar-refractivity contribution < 1.29 is 18.7 Å². The average molecular weight is 381 g/mol. The number of rotatable bonds is 7. The summed E-state index contributed by atoms with van der Waals surface area (Å²) in [5.74, 6) is 0.549. The second kappa shape index (κ2) is 8.87. The van der Waals surface area contributed by atoms with Crippen LogP contribution in [-0.2, 0) is 11.3 Å². The van der Waals surface area contributed by atoms with Gasteiger partial charge in [-0.25, -0.2) is 4.39 Å². The first-order valence-electron chi connectivity index (χ1n) is 8.02. The number of carbonyl (C=O) groups is 1. The lowest BCUT2D eigenvalue weighted by molar-refractivity contribution is -0.120. The normalized spacial score (nSPS) is 12.0. The van der Waals surface area contributed by atoms with Gasteiger partial charge in [0.1, 0.15) is 5.82 Å². The van der Waals surface area contributed by atoms with Crippen LogP contribution in [0.3, 0.4) is 0 Å². The van der Waals surface area contributed by atoms with Crippen LogP contribution in [0, 0.1) is 5.82 Å². The van der Waals surface area contributed by atoms with Gasteiger partial charge in [-0.15, -0.1) is 0 Å². The molecule has 1 unspecified atom stereocenters. The number of nitrogens with zero attached hydrogens (tertiary/aromatic N) is 1. The fraction of sp³-hybridized carbons (Fsp3) is 0.316. The Morgan fingerprint density at radius 1 is 1.19 bits per heavy atom. The molecule has 2 aromatic rings. The maximum Gasteiger partial charge on any atom is 0.241 e. The molecule has 0 heterocycles. The molecule has 0 aromatic heterocycles.